The maximum atomic E-state index is 13.7. The second-order valence-electron chi connectivity index (χ2n) is 6.89. The normalized spacial score (nSPS) is 12.0. The highest BCUT2D eigenvalue weighted by Crippen LogP contribution is 2.34. The van der Waals surface area contributed by atoms with Crippen molar-refractivity contribution < 1.29 is 13.2 Å². The Morgan fingerprint density at radius 3 is 2.67 bits per heavy atom. The van der Waals surface area contributed by atoms with Gasteiger partial charge in [0, 0.05) is 0 Å². The minimum absolute atomic E-state index is 0.0527. The van der Waals surface area contributed by atoms with Gasteiger partial charge in [-0.1, -0.05) is 41.6 Å². The zero-order valence-corrected chi connectivity index (χ0v) is 18.0. The molecule has 0 atom stereocenters. The van der Waals surface area contributed by atoms with Crippen molar-refractivity contribution in [3.8, 4) is 5.69 Å². The summed E-state index contributed by atoms with van der Waals surface area (Å²) in [4.78, 5) is 33.2. The Balaban J connectivity index is 1.72. The molecule has 3 aromatic heterocycles. The number of imidazole rings is 1. The number of H-pyrrole nitrogens is 1. The second kappa shape index (κ2) is 8.16. The summed E-state index contributed by atoms with van der Waals surface area (Å²) in [6, 6.07) is 9.90. The lowest BCUT2D eigenvalue weighted by atomic mass is 10.1. The molecule has 1 N–H and O–H groups in total. The summed E-state index contributed by atoms with van der Waals surface area (Å²) in [6.07, 6.45) is -1.88. The number of nitrogens with zero attached hydrogens (tertiary/aromatic N) is 5. The van der Waals surface area contributed by atoms with Crippen LogP contribution in [0.1, 0.15) is 11.4 Å². The number of thioether (sulfide) groups is 1. The van der Waals surface area contributed by atoms with Gasteiger partial charge < -0.3 is 4.98 Å². The Labute approximate surface area is 192 Å². The molecule has 0 saturated heterocycles. The maximum absolute atomic E-state index is 13.7. The van der Waals surface area contributed by atoms with Gasteiger partial charge in [0.15, 0.2) is 5.65 Å². The number of hydrogen-bond acceptors (Lipinski definition) is 6. The van der Waals surface area contributed by atoms with E-state index in [-0.39, 0.29) is 27.8 Å². The van der Waals surface area contributed by atoms with Crippen LogP contribution >= 0.6 is 23.4 Å². The summed E-state index contributed by atoms with van der Waals surface area (Å²) in [5.41, 5.74) is -0.645. The lowest BCUT2D eigenvalue weighted by Crippen LogP contribution is -2.26. The van der Waals surface area contributed by atoms with Crippen LogP contribution in [0.25, 0.3) is 27.8 Å². The average molecular weight is 489 g/mol. The Hall–Kier alpha value is -3.44. The van der Waals surface area contributed by atoms with Crippen LogP contribution in [-0.4, -0.2) is 29.5 Å². The molecule has 0 fully saturated rings. The van der Waals surface area contributed by atoms with E-state index in [9.17, 15) is 18.0 Å². The zero-order chi connectivity index (χ0) is 23.2. The van der Waals surface area contributed by atoms with Gasteiger partial charge in [0.1, 0.15) is 22.7 Å². The van der Waals surface area contributed by atoms with Gasteiger partial charge in [0.05, 0.1) is 39.3 Å². The van der Waals surface area contributed by atoms with Gasteiger partial charge in [-0.15, -0.1) is 0 Å². The van der Waals surface area contributed by atoms with Crippen molar-refractivity contribution in [3.63, 3.8) is 0 Å². The molecule has 0 bridgehead atoms. The third-order valence-electron chi connectivity index (χ3n) is 4.89. The quantitative estimate of drug-likeness (QED) is 0.282. The Bertz CT molecular complexity index is 1570. The third-order valence-corrected chi connectivity index (χ3v) is 6.20. The summed E-state index contributed by atoms with van der Waals surface area (Å²) < 4.78 is 42.1. The van der Waals surface area contributed by atoms with Crippen LogP contribution in [0.15, 0.2) is 64.9 Å². The highest BCUT2D eigenvalue weighted by molar-refractivity contribution is 7.98. The molecule has 12 heteroatoms. The molecule has 0 amide bonds. The molecule has 0 aliphatic heterocycles. The van der Waals surface area contributed by atoms with Gasteiger partial charge in [0.2, 0.25) is 0 Å². The molecule has 3 heterocycles. The Morgan fingerprint density at radius 1 is 1.06 bits per heavy atom. The van der Waals surface area contributed by atoms with E-state index in [2.05, 4.69) is 24.9 Å². The van der Waals surface area contributed by atoms with E-state index in [1.807, 2.05) is 0 Å². The first kappa shape index (κ1) is 21.4. The topological polar surface area (TPSA) is 89.3 Å². The van der Waals surface area contributed by atoms with Crippen molar-refractivity contribution in [2.75, 3.05) is 0 Å². The van der Waals surface area contributed by atoms with Gasteiger partial charge in [-0.3, -0.25) is 9.36 Å². The van der Waals surface area contributed by atoms with Gasteiger partial charge in [0.25, 0.3) is 5.56 Å². The van der Waals surface area contributed by atoms with Crippen molar-refractivity contribution in [3.05, 3.63) is 81.9 Å². The molecule has 5 aromatic rings. The summed E-state index contributed by atoms with van der Waals surface area (Å²) >= 11 is 7.55. The largest absolute Gasteiger partial charge is 0.417 e. The van der Waals surface area contributed by atoms with Crippen molar-refractivity contribution in [2.45, 2.75) is 17.0 Å². The van der Waals surface area contributed by atoms with E-state index in [4.69, 9.17) is 11.6 Å². The Morgan fingerprint density at radius 2 is 1.88 bits per heavy atom. The van der Waals surface area contributed by atoms with Gasteiger partial charge >= 0.3 is 6.18 Å². The summed E-state index contributed by atoms with van der Waals surface area (Å²) in [7, 11) is 0. The SMILES string of the molecule is O=c1c2c(C(F)(F)F)cccc2nc(CSc2ncnc3nc[nH]c23)n1-c1ccccc1Cl. The standard InChI is InChI=1S/C21H12ClF3N6OS/c22-12-5-1-2-7-14(12)31-15(8-33-19-17-18(27-9-26-17)28-10-29-19)30-13-6-3-4-11(21(23,24)25)16(13)20(31)32/h1-7,9-10H,8H2,(H,26,27,28,29). The van der Waals surface area contributed by atoms with E-state index < -0.39 is 22.7 Å². The molecule has 5 rings (SSSR count). The molecule has 166 valence electrons. The number of halogens is 4. The monoisotopic (exact) mass is 488 g/mol. The lowest BCUT2D eigenvalue weighted by molar-refractivity contribution is -0.136. The number of aromatic amines is 1. The number of aromatic nitrogens is 6. The zero-order valence-electron chi connectivity index (χ0n) is 16.5. The van der Waals surface area contributed by atoms with Crippen LogP contribution in [-0.2, 0) is 11.9 Å². The fourth-order valence-electron chi connectivity index (χ4n) is 3.48. The highest BCUT2D eigenvalue weighted by Gasteiger charge is 2.34. The number of benzene rings is 2. The number of rotatable bonds is 4. The molecule has 2 aromatic carbocycles. The number of fused-ring (bicyclic) bond motifs is 2. The fourth-order valence-corrected chi connectivity index (χ4v) is 4.57. The average Bonchev–Trinajstić information content (AvgIpc) is 3.27. The van der Waals surface area contributed by atoms with Crippen LogP contribution < -0.4 is 5.56 Å². The van der Waals surface area contributed by atoms with Crippen LogP contribution in [0.3, 0.4) is 0 Å². The number of nitrogens with one attached hydrogen (secondary N) is 1. The number of alkyl halides is 3. The van der Waals surface area contributed by atoms with Gasteiger partial charge in [-0.2, -0.15) is 13.2 Å². The van der Waals surface area contributed by atoms with E-state index in [0.717, 1.165) is 10.6 Å². The van der Waals surface area contributed by atoms with Crippen molar-refractivity contribution in [1.29, 1.82) is 0 Å². The van der Waals surface area contributed by atoms with Crippen LogP contribution in [0.4, 0.5) is 13.2 Å². The predicted molar refractivity (Wildman–Crippen MR) is 119 cm³/mol. The molecule has 0 unspecified atom stereocenters. The Kier molecular flexibility index (Phi) is 5.29. The van der Waals surface area contributed by atoms with Crippen LogP contribution in [0, 0.1) is 0 Å². The second-order valence-corrected chi connectivity index (χ2v) is 8.26. The highest BCUT2D eigenvalue weighted by atomic mass is 35.5. The lowest BCUT2D eigenvalue weighted by Gasteiger charge is -2.17. The third kappa shape index (κ3) is 3.83. The van der Waals surface area contributed by atoms with E-state index in [1.165, 1.54) is 36.5 Å². The fraction of sp³-hybridized carbons (Fsp3) is 0.0952. The summed E-state index contributed by atoms with van der Waals surface area (Å²) in [6.45, 7) is 0. The molecule has 0 saturated carbocycles. The van der Waals surface area contributed by atoms with E-state index in [1.54, 1.807) is 24.3 Å². The molecule has 0 aliphatic rings. The van der Waals surface area contributed by atoms with Crippen molar-refractivity contribution in [1.82, 2.24) is 29.5 Å². The van der Waals surface area contributed by atoms with Crippen LogP contribution in [0.5, 0.6) is 0 Å². The summed E-state index contributed by atoms with van der Waals surface area (Å²) in [5, 5.41) is 0.243. The number of hydrogen-bond donors (Lipinski definition) is 1. The molecule has 0 radical (unpaired) electrons. The maximum Gasteiger partial charge on any atom is 0.417 e. The van der Waals surface area contributed by atoms with E-state index in [0.29, 0.717) is 16.2 Å². The predicted octanol–water partition coefficient (Wildman–Crippen LogP) is 5.02. The minimum atomic E-state index is -4.72. The van der Waals surface area contributed by atoms with Gasteiger partial charge in [-0.05, 0) is 24.3 Å². The molecule has 0 spiro atoms. The van der Waals surface area contributed by atoms with Crippen molar-refractivity contribution in [2.24, 2.45) is 0 Å². The molecular weight excluding hydrogens is 477 g/mol. The molecule has 7 nitrogen and oxygen atoms in total. The smallest absolute Gasteiger partial charge is 0.341 e. The van der Waals surface area contributed by atoms with Crippen molar-refractivity contribution >= 4 is 45.4 Å². The van der Waals surface area contributed by atoms with E-state index >= 15 is 0 Å². The van der Waals surface area contributed by atoms with Gasteiger partial charge in [-0.25, -0.2) is 19.9 Å². The molecule has 33 heavy (non-hydrogen) atoms. The first-order chi connectivity index (χ1) is 15.8. The number of para-hydroxylation sites is 1. The molecular formula is C21H12ClF3N6OS. The first-order valence-corrected chi connectivity index (χ1v) is 10.8. The summed E-state index contributed by atoms with van der Waals surface area (Å²) in [5.74, 6) is 0.342. The molecule has 0 aliphatic carbocycles. The minimum Gasteiger partial charge on any atom is -0.341 e. The van der Waals surface area contributed by atoms with Crippen LogP contribution in [0.2, 0.25) is 5.02 Å². The first-order valence-electron chi connectivity index (χ1n) is 9.48.